The second kappa shape index (κ2) is 7.99. The third kappa shape index (κ3) is 3.69. The van der Waals surface area contributed by atoms with Crippen LogP contribution >= 0.6 is 0 Å². The number of amides is 1. The molecule has 2 aromatic rings. The molecule has 158 valence electrons. The average Bonchev–Trinajstić information content (AvgIpc) is 2.76. The van der Waals surface area contributed by atoms with Gasteiger partial charge in [0.15, 0.2) is 0 Å². The van der Waals surface area contributed by atoms with E-state index in [0.29, 0.717) is 36.0 Å². The van der Waals surface area contributed by atoms with E-state index in [1.54, 1.807) is 18.2 Å². The van der Waals surface area contributed by atoms with Crippen LogP contribution in [-0.4, -0.2) is 52.4 Å². The molecular formula is C24H28FN3O2. The summed E-state index contributed by atoms with van der Waals surface area (Å²) < 4.78 is 13.8. The summed E-state index contributed by atoms with van der Waals surface area (Å²) in [5.74, 6) is 0.599. The summed E-state index contributed by atoms with van der Waals surface area (Å²) in [6, 6.07) is 10.8. The SMILES string of the molecule is O=C(c1cc[nH]c(=O)c1)N1C[C@H]2C[C@@H](C1)[C@H](Cc1cccc(F)c1)N1CCCC[C@@H]21. The van der Waals surface area contributed by atoms with Gasteiger partial charge in [-0.25, -0.2) is 4.39 Å². The molecule has 5 rings (SSSR count). The number of halogens is 1. The Morgan fingerprint density at radius 2 is 2.00 bits per heavy atom. The van der Waals surface area contributed by atoms with Gasteiger partial charge >= 0.3 is 0 Å². The highest BCUT2D eigenvalue weighted by molar-refractivity contribution is 5.94. The summed E-state index contributed by atoms with van der Waals surface area (Å²) in [5.41, 5.74) is 1.24. The lowest BCUT2D eigenvalue weighted by atomic mass is 9.71. The Kier molecular flexibility index (Phi) is 5.19. The van der Waals surface area contributed by atoms with E-state index in [1.807, 2.05) is 11.0 Å². The molecule has 6 heteroatoms. The number of aromatic nitrogens is 1. The normalized spacial score (nSPS) is 28.8. The number of benzene rings is 1. The molecule has 0 radical (unpaired) electrons. The number of hydrogen-bond acceptors (Lipinski definition) is 3. The molecule has 30 heavy (non-hydrogen) atoms. The predicted octanol–water partition coefficient (Wildman–Crippen LogP) is 3.07. The van der Waals surface area contributed by atoms with Crippen LogP contribution in [0.1, 0.15) is 41.6 Å². The maximum absolute atomic E-state index is 13.8. The molecular weight excluding hydrogens is 381 g/mol. The molecule has 3 fully saturated rings. The highest BCUT2D eigenvalue weighted by atomic mass is 19.1. The number of carbonyl (C=O) groups excluding carboxylic acids is 1. The van der Waals surface area contributed by atoms with Crippen LogP contribution in [0.5, 0.6) is 0 Å². The fraction of sp³-hybridized carbons (Fsp3) is 0.500. The summed E-state index contributed by atoms with van der Waals surface area (Å²) in [6.45, 7) is 2.56. The van der Waals surface area contributed by atoms with E-state index in [2.05, 4.69) is 9.88 Å². The van der Waals surface area contributed by atoms with Crippen molar-refractivity contribution in [2.45, 2.75) is 44.2 Å². The van der Waals surface area contributed by atoms with Gasteiger partial charge in [0, 0.05) is 43.0 Å². The summed E-state index contributed by atoms with van der Waals surface area (Å²) in [7, 11) is 0. The molecule has 0 aliphatic carbocycles. The molecule has 1 aromatic carbocycles. The zero-order valence-electron chi connectivity index (χ0n) is 17.1. The van der Waals surface area contributed by atoms with Crippen LogP contribution in [0.15, 0.2) is 47.4 Å². The number of carbonyl (C=O) groups is 1. The number of rotatable bonds is 3. The van der Waals surface area contributed by atoms with Crippen LogP contribution in [-0.2, 0) is 6.42 Å². The van der Waals surface area contributed by atoms with Crippen molar-refractivity contribution < 1.29 is 9.18 Å². The van der Waals surface area contributed by atoms with Gasteiger partial charge < -0.3 is 9.88 Å². The van der Waals surface area contributed by atoms with E-state index >= 15 is 0 Å². The monoisotopic (exact) mass is 409 g/mol. The Hall–Kier alpha value is -2.47. The Morgan fingerprint density at radius 3 is 2.83 bits per heavy atom. The van der Waals surface area contributed by atoms with Crippen molar-refractivity contribution in [3.05, 3.63) is 69.9 Å². The zero-order chi connectivity index (χ0) is 20.7. The molecule has 1 amide bonds. The first-order valence-corrected chi connectivity index (χ1v) is 11.1. The number of likely N-dealkylation sites (tertiary alicyclic amines) is 1. The molecule has 3 saturated heterocycles. The second-order valence-electron chi connectivity index (χ2n) is 9.11. The molecule has 2 bridgehead atoms. The number of hydrogen-bond donors (Lipinski definition) is 1. The van der Waals surface area contributed by atoms with Crippen molar-refractivity contribution in [2.24, 2.45) is 11.8 Å². The molecule has 1 aromatic heterocycles. The van der Waals surface area contributed by atoms with Crippen LogP contribution < -0.4 is 5.56 Å². The topological polar surface area (TPSA) is 56.4 Å². The highest BCUT2D eigenvalue weighted by Crippen LogP contribution is 2.42. The van der Waals surface area contributed by atoms with Crippen LogP contribution in [0.2, 0.25) is 0 Å². The Bertz CT molecular complexity index is 990. The van der Waals surface area contributed by atoms with Gasteiger partial charge in [-0.05, 0) is 67.8 Å². The van der Waals surface area contributed by atoms with Gasteiger partial charge in [-0.2, -0.15) is 0 Å². The first-order chi connectivity index (χ1) is 14.6. The van der Waals surface area contributed by atoms with Crippen LogP contribution in [0.4, 0.5) is 4.39 Å². The van der Waals surface area contributed by atoms with Crippen molar-refractivity contribution in [3.8, 4) is 0 Å². The predicted molar refractivity (Wildman–Crippen MR) is 113 cm³/mol. The maximum Gasteiger partial charge on any atom is 0.254 e. The number of piperidine rings is 3. The van der Waals surface area contributed by atoms with Crippen LogP contribution in [0.3, 0.4) is 0 Å². The summed E-state index contributed by atoms with van der Waals surface area (Å²) >= 11 is 0. The Morgan fingerprint density at radius 1 is 1.13 bits per heavy atom. The second-order valence-corrected chi connectivity index (χ2v) is 9.11. The number of fused-ring (bicyclic) bond motifs is 4. The van der Waals surface area contributed by atoms with Gasteiger partial charge in [0.2, 0.25) is 5.56 Å². The van der Waals surface area contributed by atoms with E-state index in [4.69, 9.17) is 0 Å². The van der Waals surface area contributed by atoms with Gasteiger partial charge in [-0.15, -0.1) is 0 Å². The Balaban J connectivity index is 1.42. The minimum atomic E-state index is -0.250. The molecule has 1 N–H and O–H groups in total. The first-order valence-electron chi connectivity index (χ1n) is 11.1. The lowest BCUT2D eigenvalue weighted by molar-refractivity contribution is -0.0642. The highest BCUT2D eigenvalue weighted by Gasteiger charge is 2.47. The van der Waals surface area contributed by atoms with E-state index in [-0.39, 0.29) is 17.3 Å². The standard InChI is InChI=1S/C24H28FN3O2/c25-20-5-3-4-16(10-20)11-22-19-12-18(21-6-1-2-9-28(21)22)14-27(15-19)24(30)17-7-8-26-23(29)13-17/h3-5,7-8,10,13,18-19,21-22H,1-2,6,9,11-12,14-15H2,(H,26,29)/t18-,19+,21+,22+/m1/s1. The lowest BCUT2D eigenvalue weighted by Crippen LogP contribution is -2.64. The van der Waals surface area contributed by atoms with Crippen molar-refractivity contribution in [1.82, 2.24) is 14.8 Å². The van der Waals surface area contributed by atoms with Crippen LogP contribution in [0.25, 0.3) is 0 Å². The minimum absolute atomic E-state index is 0.0513. The molecule has 0 saturated carbocycles. The van der Waals surface area contributed by atoms with Gasteiger partial charge in [-0.1, -0.05) is 18.6 Å². The number of H-pyrrole nitrogens is 1. The van der Waals surface area contributed by atoms with Gasteiger partial charge in [-0.3, -0.25) is 14.5 Å². The van der Waals surface area contributed by atoms with Crippen molar-refractivity contribution >= 4 is 5.91 Å². The minimum Gasteiger partial charge on any atom is -0.338 e. The third-order valence-electron chi connectivity index (χ3n) is 7.26. The maximum atomic E-state index is 13.8. The lowest BCUT2D eigenvalue weighted by Gasteiger charge is -2.57. The third-order valence-corrected chi connectivity index (χ3v) is 7.26. The quantitative estimate of drug-likeness (QED) is 0.848. The fourth-order valence-electron chi connectivity index (χ4n) is 6.02. The summed E-state index contributed by atoms with van der Waals surface area (Å²) in [6.07, 6.45) is 7.10. The first kappa shape index (κ1) is 19.5. The zero-order valence-corrected chi connectivity index (χ0v) is 17.1. The number of nitrogens with one attached hydrogen (secondary N) is 1. The van der Waals surface area contributed by atoms with Crippen molar-refractivity contribution in [1.29, 1.82) is 0 Å². The molecule has 0 spiro atoms. The Labute approximate surface area is 175 Å². The number of aromatic amines is 1. The number of pyridine rings is 1. The van der Waals surface area contributed by atoms with E-state index < -0.39 is 0 Å². The van der Waals surface area contributed by atoms with Crippen LogP contribution in [0, 0.1) is 17.7 Å². The van der Waals surface area contributed by atoms with E-state index in [0.717, 1.165) is 31.5 Å². The van der Waals surface area contributed by atoms with Gasteiger partial charge in [0.05, 0.1) is 0 Å². The van der Waals surface area contributed by atoms with Crippen molar-refractivity contribution in [2.75, 3.05) is 19.6 Å². The summed E-state index contributed by atoms with van der Waals surface area (Å²) in [5, 5.41) is 0. The molecule has 4 heterocycles. The van der Waals surface area contributed by atoms with E-state index in [9.17, 15) is 14.0 Å². The molecule has 3 aliphatic rings. The van der Waals surface area contributed by atoms with E-state index in [1.165, 1.54) is 37.6 Å². The summed E-state index contributed by atoms with van der Waals surface area (Å²) in [4.78, 5) is 32.1. The van der Waals surface area contributed by atoms with Gasteiger partial charge in [0.25, 0.3) is 5.91 Å². The fourth-order valence-corrected chi connectivity index (χ4v) is 6.02. The van der Waals surface area contributed by atoms with Crippen molar-refractivity contribution in [3.63, 3.8) is 0 Å². The molecule has 5 nitrogen and oxygen atoms in total. The molecule has 3 aliphatic heterocycles. The molecule has 0 unspecified atom stereocenters. The largest absolute Gasteiger partial charge is 0.338 e. The number of nitrogens with zero attached hydrogens (tertiary/aromatic N) is 2. The van der Waals surface area contributed by atoms with Gasteiger partial charge in [0.1, 0.15) is 5.82 Å². The average molecular weight is 410 g/mol. The molecule has 4 atom stereocenters. The smallest absolute Gasteiger partial charge is 0.254 e.